The Hall–Kier alpha value is -2.34. The van der Waals surface area contributed by atoms with Crippen LogP contribution in [0.4, 0.5) is 11.5 Å². The Morgan fingerprint density at radius 2 is 1.81 bits per heavy atom. The third kappa shape index (κ3) is 4.25. The van der Waals surface area contributed by atoms with Gasteiger partial charge in [-0.05, 0) is 48.1 Å². The van der Waals surface area contributed by atoms with Gasteiger partial charge in [-0.25, -0.2) is 4.98 Å². The SMILES string of the molecule is NC(=S)N(c1ccc(Cl)c(Cl)c1)c1ncccc1OCc1ccccc1. The molecule has 132 valence electrons. The Bertz CT molecular complexity index is 922. The summed E-state index contributed by atoms with van der Waals surface area (Å²) in [7, 11) is 0. The van der Waals surface area contributed by atoms with Crippen molar-refractivity contribution in [3.05, 3.63) is 82.5 Å². The maximum absolute atomic E-state index is 6.14. The highest BCUT2D eigenvalue weighted by atomic mass is 35.5. The largest absolute Gasteiger partial charge is 0.485 e. The number of pyridine rings is 1. The molecule has 1 aromatic heterocycles. The molecule has 0 bridgehead atoms. The van der Waals surface area contributed by atoms with Crippen molar-refractivity contribution in [2.45, 2.75) is 6.61 Å². The third-order valence-corrected chi connectivity index (χ3v) is 4.50. The number of rotatable bonds is 5. The Labute approximate surface area is 167 Å². The minimum atomic E-state index is 0.117. The van der Waals surface area contributed by atoms with Crippen LogP contribution in [0.25, 0.3) is 0 Å². The Morgan fingerprint density at radius 1 is 1.04 bits per heavy atom. The summed E-state index contributed by atoms with van der Waals surface area (Å²) < 4.78 is 5.95. The monoisotopic (exact) mass is 403 g/mol. The minimum absolute atomic E-state index is 0.117. The molecule has 3 aromatic rings. The normalized spacial score (nSPS) is 10.4. The summed E-state index contributed by atoms with van der Waals surface area (Å²) in [6.07, 6.45) is 1.65. The van der Waals surface area contributed by atoms with Crippen LogP contribution in [-0.4, -0.2) is 10.1 Å². The zero-order valence-corrected chi connectivity index (χ0v) is 15.9. The molecule has 7 heteroatoms. The summed E-state index contributed by atoms with van der Waals surface area (Å²) in [4.78, 5) is 5.99. The van der Waals surface area contributed by atoms with Gasteiger partial charge in [0.25, 0.3) is 0 Å². The van der Waals surface area contributed by atoms with Crippen molar-refractivity contribution in [2.75, 3.05) is 4.90 Å². The van der Waals surface area contributed by atoms with Gasteiger partial charge in [-0.1, -0.05) is 53.5 Å². The Balaban J connectivity index is 1.95. The molecule has 3 rings (SSSR count). The number of anilines is 2. The van der Waals surface area contributed by atoms with Gasteiger partial charge in [0.05, 0.1) is 15.7 Å². The summed E-state index contributed by atoms with van der Waals surface area (Å²) in [5, 5.41) is 0.958. The number of benzene rings is 2. The second kappa shape index (κ2) is 8.36. The number of halogens is 2. The predicted molar refractivity (Wildman–Crippen MR) is 110 cm³/mol. The minimum Gasteiger partial charge on any atom is -0.485 e. The van der Waals surface area contributed by atoms with Gasteiger partial charge in [0, 0.05) is 6.20 Å². The van der Waals surface area contributed by atoms with Crippen LogP contribution < -0.4 is 15.4 Å². The number of nitrogens with two attached hydrogens (primary N) is 1. The summed E-state index contributed by atoms with van der Waals surface area (Å²) >= 11 is 17.4. The Morgan fingerprint density at radius 3 is 2.50 bits per heavy atom. The van der Waals surface area contributed by atoms with Crippen molar-refractivity contribution in [1.29, 1.82) is 0 Å². The molecule has 26 heavy (non-hydrogen) atoms. The second-order valence-corrected chi connectivity index (χ2v) is 6.60. The molecular weight excluding hydrogens is 389 g/mol. The van der Waals surface area contributed by atoms with Gasteiger partial charge >= 0.3 is 0 Å². The lowest BCUT2D eigenvalue weighted by Crippen LogP contribution is -2.32. The molecule has 0 aliphatic heterocycles. The van der Waals surface area contributed by atoms with Crippen LogP contribution in [-0.2, 0) is 6.61 Å². The van der Waals surface area contributed by atoms with Crippen molar-refractivity contribution in [2.24, 2.45) is 5.73 Å². The fourth-order valence-corrected chi connectivity index (χ4v) is 2.86. The number of ether oxygens (including phenoxy) is 1. The number of hydrogen-bond acceptors (Lipinski definition) is 3. The van der Waals surface area contributed by atoms with Gasteiger partial charge in [0.15, 0.2) is 16.7 Å². The first kappa shape index (κ1) is 18.5. The standard InChI is InChI=1S/C19H15Cl2N3OS/c20-15-9-8-14(11-16(15)21)24(19(22)26)18-17(7-4-10-23-18)25-12-13-5-2-1-3-6-13/h1-11H,12H2,(H2,22,26). The van der Waals surface area contributed by atoms with E-state index in [4.69, 9.17) is 45.9 Å². The summed E-state index contributed by atoms with van der Waals surface area (Å²) in [6, 6.07) is 18.6. The molecule has 4 nitrogen and oxygen atoms in total. The number of thiocarbonyl (C=S) groups is 1. The van der Waals surface area contributed by atoms with Gasteiger partial charge in [-0.15, -0.1) is 0 Å². The van der Waals surface area contributed by atoms with E-state index in [0.717, 1.165) is 5.56 Å². The highest BCUT2D eigenvalue weighted by Gasteiger charge is 2.19. The van der Waals surface area contributed by atoms with E-state index in [1.54, 1.807) is 35.4 Å². The molecule has 0 aliphatic rings. The molecule has 0 aliphatic carbocycles. The van der Waals surface area contributed by atoms with Crippen molar-refractivity contribution in [1.82, 2.24) is 4.98 Å². The quantitative estimate of drug-likeness (QED) is 0.581. The van der Waals surface area contributed by atoms with Gasteiger partial charge in [0.2, 0.25) is 0 Å². The fraction of sp³-hybridized carbons (Fsp3) is 0.0526. The van der Waals surface area contributed by atoms with Crippen LogP contribution >= 0.6 is 35.4 Å². The number of aromatic nitrogens is 1. The highest BCUT2D eigenvalue weighted by molar-refractivity contribution is 7.80. The second-order valence-electron chi connectivity index (χ2n) is 5.37. The number of hydrogen-bond donors (Lipinski definition) is 1. The van der Waals surface area contributed by atoms with Crippen LogP contribution in [0.3, 0.4) is 0 Å². The molecule has 0 spiro atoms. The summed E-state index contributed by atoms with van der Waals surface area (Å²) in [6.45, 7) is 0.395. The van der Waals surface area contributed by atoms with E-state index in [1.807, 2.05) is 36.4 Å². The molecule has 0 atom stereocenters. The average molecular weight is 404 g/mol. The lowest BCUT2D eigenvalue weighted by Gasteiger charge is -2.24. The van der Waals surface area contributed by atoms with Crippen molar-refractivity contribution in [3.8, 4) is 5.75 Å². The third-order valence-electron chi connectivity index (χ3n) is 3.58. The van der Waals surface area contributed by atoms with E-state index in [2.05, 4.69) is 4.98 Å². The first-order chi connectivity index (χ1) is 12.6. The van der Waals surface area contributed by atoms with Gasteiger partial charge < -0.3 is 10.5 Å². The maximum Gasteiger partial charge on any atom is 0.182 e. The van der Waals surface area contributed by atoms with Crippen LogP contribution in [0.2, 0.25) is 10.0 Å². The Kier molecular flexibility index (Phi) is 5.93. The van der Waals surface area contributed by atoms with Crippen LogP contribution in [0.1, 0.15) is 5.56 Å². The van der Waals surface area contributed by atoms with E-state index in [-0.39, 0.29) is 5.11 Å². The zero-order valence-electron chi connectivity index (χ0n) is 13.6. The predicted octanol–water partition coefficient (Wildman–Crippen LogP) is 5.35. The topological polar surface area (TPSA) is 51.4 Å². The lowest BCUT2D eigenvalue weighted by atomic mass is 10.2. The highest BCUT2D eigenvalue weighted by Crippen LogP contribution is 2.35. The van der Waals surface area contributed by atoms with Crippen LogP contribution in [0, 0.1) is 0 Å². The van der Waals surface area contributed by atoms with Crippen molar-refractivity contribution in [3.63, 3.8) is 0 Å². The molecule has 0 unspecified atom stereocenters. The van der Waals surface area contributed by atoms with Crippen molar-refractivity contribution >= 4 is 52.0 Å². The van der Waals surface area contributed by atoms with E-state index >= 15 is 0 Å². The smallest absolute Gasteiger partial charge is 0.182 e. The molecule has 2 N–H and O–H groups in total. The molecular formula is C19H15Cl2N3OS. The first-order valence-corrected chi connectivity index (χ1v) is 8.89. The van der Waals surface area contributed by atoms with E-state index < -0.39 is 0 Å². The van der Waals surface area contributed by atoms with E-state index in [0.29, 0.717) is 33.9 Å². The molecule has 0 radical (unpaired) electrons. The molecule has 0 saturated carbocycles. The first-order valence-electron chi connectivity index (χ1n) is 7.72. The van der Waals surface area contributed by atoms with Gasteiger partial charge in [-0.2, -0.15) is 0 Å². The average Bonchev–Trinajstić information content (AvgIpc) is 2.64. The molecule has 1 heterocycles. The fourth-order valence-electron chi connectivity index (χ4n) is 2.38. The number of nitrogens with zero attached hydrogens (tertiary/aromatic N) is 2. The molecule has 2 aromatic carbocycles. The van der Waals surface area contributed by atoms with E-state index in [9.17, 15) is 0 Å². The molecule has 0 fully saturated rings. The lowest BCUT2D eigenvalue weighted by molar-refractivity contribution is 0.306. The van der Waals surface area contributed by atoms with Crippen molar-refractivity contribution < 1.29 is 4.74 Å². The summed E-state index contributed by atoms with van der Waals surface area (Å²) in [5.41, 5.74) is 7.64. The summed E-state index contributed by atoms with van der Waals surface area (Å²) in [5.74, 6) is 1.03. The molecule has 0 amide bonds. The molecule has 0 saturated heterocycles. The van der Waals surface area contributed by atoms with Gasteiger partial charge in [0.1, 0.15) is 6.61 Å². The zero-order chi connectivity index (χ0) is 18.5. The van der Waals surface area contributed by atoms with E-state index in [1.165, 1.54) is 0 Å². The van der Waals surface area contributed by atoms with Crippen LogP contribution in [0.5, 0.6) is 5.75 Å². The van der Waals surface area contributed by atoms with Gasteiger partial charge in [-0.3, -0.25) is 4.90 Å². The van der Waals surface area contributed by atoms with Crippen LogP contribution in [0.15, 0.2) is 66.9 Å². The maximum atomic E-state index is 6.14.